The highest BCUT2D eigenvalue weighted by atomic mass is 32.2. The average molecular weight is 249 g/mol. The van der Waals surface area contributed by atoms with Crippen LogP contribution in [0.15, 0.2) is 0 Å². The maximum atomic E-state index is 10.9. The summed E-state index contributed by atoms with van der Waals surface area (Å²) in [5.74, 6) is 0.0450. The lowest BCUT2D eigenvalue weighted by Gasteiger charge is -2.35. The normalized spacial score (nSPS) is 27.2. The molecule has 1 saturated carbocycles. The molecule has 1 aliphatic rings. The molecule has 0 aromatic rings. The van der Waals surface area contributed by atoms with E-state index in [1.807, 2.05) is 0 Å². The molecule has 0 bridgehead atoms. The minimum Gasteiger partial charge on any atom is -0.328 e. The van der Waals surface area contributed by atoms with E-state index in [1.165, 1.54) is 0 Å². The van der Waals surface area contributed by atoms with Gasteiger partial charge in [0, 0.05) is 18.6 Å². The van der Waals surface area contributed by atoms with Gasteiger partial charge in [-0.25, -0.2) is 13.6 Å². The van der Waals surface area contributed by atoms with Crippen molar-refractivity contribution in [2.75, 3.05) is 18.8 Å². The molecule has 0 aromatic carbocycles. The smallest absolute Gasteiger partial charge is 0.210 e. The second-order valence-corrected chi connectivity index (χ2v) is 6.30. The highest BCUT2D eigenvalue weighted by molar-refractivity contribution is 7.89. The molecule has 0 aromatic heterocycles. The molecule has 1 rings (SSSR count). The lowest BCUT2D eigenvalue weighted by molar-refractivity contribution is 0.165. The van der Waals surface area contributed by atoms with Gasteiger partial charge in [0.05, 0.1) is 5.75 Å². The van der Waals surface area contributed by atoms with Crippen LogP contribution in [0.2, 0.25) is 0 Å². The fourth-order valence-electron chi connectivity index (χ4n) is 2.31. The van der Waals surface area contributed by atoms with Gasteiger partial charge in [0.2, 0.25) is 10.0 Å². The Balaban J connectivity index is 2.42. The molecule has 1 fully saturated rings. The highest BCUT2D eigenvalue weighted by Gasteiger charge is 2.23. The van der Waals surface area contributed by atoms with E-state index >= 15 is 0 Å². The molecular formula is C10H23N3O2S. The molecule has 4 N–H and O–H groups in total. The van der Waals surface area contributed by atoms with Crippen molar-refractivity contribution in [1.29, 1.82) is 0 Å². The number of hydrogen-bond acceptors (Lipinski definition) is 4. The van der Waals surface area contributed by atoms with Crippen LogP contribution in [0.25, 0.3) is 0 Å². The van der Waals surface area contributed by atoms with E-state index in [-0.39, 0.29) is 5.75 Å². The monoisotopic (exact) mass is 249 g/mol. The molecule has 0 atom stereocenters. The minimum atomic E-state index is -3.35. The van der Waals surface area contributed by atoms with Crippen molar-refractivity contribution in [3.8, 4) is 0 Å². The van der Waals surface area contributed by atoms with Crippen molar-refractivity contribution in [3.63, 3.8) is 0 Å². The van der Waals surface area contributed by atoms with E-state index in [0.29, 0.717) is 18.6 Å². The standard InChI is InChI=1S/C10H23N3O2S/c1-2-13(7-8-16(12,14)15)10-5-3-9(11)4-6-10/h9-10H,2-8,11H2,1H3,(H2,12,14,15). The van der Waals surface area contributed by atoms with E-state index < -0.39 is 10.0 Å². The predicted octanol–water partition coefficient (Wildman–Crippen LogP) is -0.133. The molecule has 0 radical (unpaired) electrons. The van der Waals surface area contributed by atoms with E-state index in [4.69, 9.17) is 10.9 Å². The van der Waals surface area contributed by atoms with Crippen LogP contribution in [0, 0.1) is 0 Å². The van der Waals surface area contributed by atoms with Gasteiger partial charge in [-0.2, -0.15) is 0 Å². The van der Waals surface area contributed by atoms with E-state index in [2.05, 4.69) is 11.8 Å². The molecule has 6 heteroatoms. The fourth-order valence-corrected chi connectivity index (χ4v) is 2.80. The summed E-state index contributed by atoms with van der Waals surface area (Å²) < 4.78 is 21.8. The molecule has 5 nitrogen and oxygen atoms in total. The van der Waals surface area contributed by atoms with Crippen LogP contribution in [0.3, 0.4) is 0 Å². The number of nitrogens with zero attached hydrogens (tertiary/aromatic N) is 1. The SMILES string of the molecule is CCN(CCS(N)(=O)=O)C1CCC(N)CC1. The largest absolute Gasteiger partial charge is 0.328 e. The Labute approximate surface area is 98.2 Å². The minimum absolute atomic E-state index is 0.0450. The first kappa shape index (κ1) is 13.9. The van der Waals surface area contributed by atoms with Crippen LogP contribution in [0.1, 0.15) is 32.6 Å². The number of primary sulfonamides is 1. The molecule has 0 heterocycles. The van der Waals surface area contributed by atoms with Gasteiger partial charge >= 0.3 is 0 Å². The first-order chi connectivity index (χ1) is 7.42. The van der Waals surface area contributed by atoms with Crippen molar-refractivity contribution in [2.24, 2.45) is 10.9 Å². The van der Waals surface area contributed by atoms with Crippen molar-refractivity contribution in [1.82, 2.24) is 4.90 Å². The topological polar surface area (TPSA) is 89.4 Å². The van der Waals surface area contributed by atoms with Crippen molar-refractivity contribution < 1.29 is 8.42 Å². The molecule has 0 spiro atoms. The third-order valence-corrected chi connectivity index (χ3v) is 4.08. The van der Waals surface area contributed by atoms with Gasteiger partial charge in [0.1, 0.15) is 0 Å². The third kappa shape index (κ3) is 4.78. The Kier molecular flexibility index (Phi) is 5.17. The lowest BCUT2D eigenvalue weighted by Crippen LogP contribution is -2.43. The van der Waals surface area contributed by atoms with Gasteiger partial charge in [0.15, 0.2) is 0 Å². The Morgan fingerprint density at radius 2 is 1.81 bits per heavy atom. The number of hydrogen-bond donors (Lipinski definition) is 2. The summed E-state index contributed by atoms with van der Waals surface area (Å²) in [7, 11) is -3.35. The van der Waals surface area contributed by atoms with Crippen LogP contribution in [0.5, 0.6) is 0 Å². The lowest BCUT2D eigenvalue weighted by atomic mass is 9.91. The quantitative estimate of drug-likeness (QED) is 0.710. The van der Waals surface area contributed by atoms with Crippen molar-refractivity contribution in [2.45, 2.75) is 44.7 Å². The second kappa shape index (κ2) is 5.95. The summed E-state index contributed by atoms with van der Waals surface area (Å²) in [5.41, 5.74) is 5.85. The fraction of sp³-hybridized carbons (Fsp3) is 1.00. The van der Waals surface area contributed by atoms with Crippen molar-refractivity contribution in [3.05, 3.63) is 0 Å². The Bertz CT molecular complexity index is 297. The zero-order valence-corrected chi connectivity index (χ0v) is 10.7. The summed E-state index contributed by atoms with van der Waals surface area (Å²) in [6.07, 6.45) is 4.21. The Hall–Kier alpha value is -0.170. The van der Waals surface area contributed by atoms with Gasteiger partial charge in [-0.15, -0.1) is 0 Å². The van der Waals surface area contributed by atoms with Crippen LogP contribution >= 0.6 is 0 Å². The maximum absolute atomic E-state index is 10.9. The van der Waals surface area contributed by atoms with E-state index in [1.54, 1.807) is 0 Å². The molecule has 0 saturated heterocycles. The molecular weight excluding hydrogens is 226 g/mol. The Morgan fingerprint density at radius 1 is 1.25 bits per heavy atom. The van der Waals surface area contributed by atoms with Crippen LogP contribution in [-0.2, 0) is 10.0 Å². The molecule has 1 aliphatic carbocycles. The second-order valence-electron chi connectivity index (χ2n) is 4.56. The summed E-state index contributed by atoms with van der Waals surface area (Å²) in [6.45, 7) is 3.46. The van der Waals surface area contributed by atoms with Crippen LogP contribution in [0.4, 0.5) is 0 Å². The van der Waals surface area contributed by atoms with Crippen molar-refractivity contribution >= 4 is 10.0 Å². The van der Waals surface area contributed by atoms with Gasteiger partial charge in [-0.05, 0) is 32.2 Å². The van der Waals surface area contributed by atoms with Gasteiger partial charge in [-0.1, -0.05) is 6.92 Å². The Morgan fingerprint density at radius 3 is 2.25 bits per heavy atom. The number of nitrogens with two attached hydrogens (primary N) is 2. The third-order valence-electron chi connectivity index (χ3n) is 3.33. The maximum Gasteiger partial charge on any atom is 0.210 e. The predicted molar refractivity (Wildman–Crippen MR) is 65.5 cm³/mol. The summed E-state index contributed by atoms with van der Waals surface area (Å²) in [4.78, 5) is 2.20. The molecule has 96 valence electrons. The summed E-state index contributed by atoms with van der Waals surface area (Å²) >= 11 is 0. The molecule has 0 aliphatic heterocycles. The average Bonchev–Trinajstić information content (AvgIpc) is 2.20. The van der Waals surface area contributed by atoms with Gasteiger partial charge in [0.25, 0.3) is 0 Å². The molecule has 0 unspecified atom stereocenters. The van der Waals surface area contributed by atoms with E-state index in [0.717, 1.165) is 32.2 Å². The number of rotatable bonds is 5. The van der Waals surface area contributed by atoms with Gasteiger partial charge < -0.3 is 5.73 Å². The highest BCUT2D eigenvalue weighted by Crippen LogP contribution is 2.21. The van der Waals surface area contributed by atoms with E-state index in [9.17, 15) is 8.42 Å². The zero-order valence-electron chi connectivity index (χ0n) is 9.93. The van der Waals surface area contributed by atoms with Gasteiger partial charge in [-0.3, -0.25) is 4.90 Å². The molecule has 0 amide bonds. The number of sulfonamides is 1. The zero-order chi connectivity index (χ0) is 12.2. The van der Waals surface area contributed by atoms with Crippen LogP contribution < -0.4 is 10.9 Å². The summed E-state index contributed by atoms with van der Waals surface area (Å²) in [5, 5.41) is 5.02. The molecule has 16 heavy (non-hydrogen) atoms. The first-order valence-corrected chi connectivity index (χ1v) is 7.64. The van der Waals surface area contributed by atoms with Crippen LogP contribution in [-0.4, -0.2) is 44.2 Å². The first-order valence-electron chi connectivity index (χ1n) is 5.92. The summed E-state index contributed by atoms with van der Waals surface area (Å²) in [6, 6.07) is 0.805.